The summed E-state index contributed by atoms with van der Waals surface area (Å²) in [6, 6.07) is 5.64. The van der Waals surface area contributed by atoms with Gasteiger partial charge in [0.15, 0.2) is 0 Å². The van der Waals surface area contributed by atoms with Crippen molar-refractivity contribution in [3.05, 3.63) is 44.7 Å². The number of anilines is 1. The van der Waals surface area contributed by atoms with E-state index in [1.807, 2.05) is 11.0 Å². The van der Waals surface area contributed by atoms with Crippen LogP contribution in [0.25, 0.3) is 0 Å². The summed E-state index contributed by atoms with van der Waals surface area (Å²) in [5, 5.41) is 14.3. The maximum absolute atomic E-state index is 12.3. The largest absolute Gasteiger partial charge is 0.368 e. The first-order valence-electron chi connectivity index (χ1n) is 7.30. The predicted octanol–water partition coefficient (Wildman–Crippen LogP) is 3.06. The molecule has 5 nitrogen and oxygen atoms in total. The number of hydrogen-bond acceptors (Lipinski definition) is 5. The molecule has 1 N–H and O–H groups in total. The summed E-state index contributed by atoms with van der Waals surface area (Å²) in [5.41, 5.74) is 1.68. The van der Waals surface area contributed by atoms with Crippen molar-refractivity contribution in [1.29, 1.82) is 5.26 Å². The fraction of sp³-hybridized carbons (Fsp3) is 0.312. The first kappa shape index (κ1) is 15.8. The molecule has 0 aromatic carbocycles. The van der Waals surface area contributed by atoms with E-state index < -0.39 is 0 Å². The van der Waals surface area contributed by atoms with Crippen LogP contribution in [-0.4, -0.2) is 28.9 Å². The Kier molecular flexibility index (Phi) is 4.79. The molecule has 0 atom stereocenters. The van der Waals surface area contributed by atoms with Gasteiger partial charge in [-0.1, -0.05) is 11.6 Å². The molecule has 0 radical (unpaired) electrons. The zero-order valence-corrected chi connectivity index (χ0v) is 14.0. The van der Waals surface area contributed by atoms with Gasteiger partial charge in [0, 0.05) is 37.1 Å². The number of halogens is 1. The lowest BCUT2D eigenvalue weighted by atomic mass is 10.1. The second-order valence-electron chi connectivity index (χ2n) is 5.28. The third kappa shape index (κ3) is 3.63. The third-order valence-electron chi connectivity index (χ3n) is 3.76. The second kappa shape index (κ2) is 6.99. The van der Waals surface area contributed by atoms with Crippen LogP contribution < -0.4 is 5.32 Å². The van der Waals surface area contributed by atoms with Gasteiger partial charge in [0.2, 0.25) is 5.91 Å². The van der Waals surface area contributed by atoms with Gasteiger partial charge in [0.05, 0.1) is 10.6 Å². The van der Waals surface area contributed by atoms with E-state index in [9.17, 15) is 4.79 Å². The van der Waals surface area contributed by atoms with Crippen LogP contribution in [0.1, 0.15) is 22.4 Å². The number of amides is 1. The van der Waals surface area contributed by atoms with E-state index >= 15 is 0 Å². The van der Waals surface area contributed by atoms with Gasteiger partial charge in [0.1, 0.15) is 11.9 Å². The summed E-state index contributed by atoms with van der Waals surface area (Å²) in [5.74, 6) is 0.622. The topological polar surface area (TPSA) is 69.0 Å². The maximum atomic E-state index is 12.3. The Morgan fingerprint density at radius 3 is 3.22 bits per heavy atom. The van der Waals surface area contributed by atoms with Crippen molar-refractivity contribution in [1.82, 2.24) is 9.88 Å². The zero-order chi connectivity index (χ0) is 16.2. The van der Waals surface area contributed by atoms with Gasteiger partial charge in [-0.05, 0) is 29.5 Å². The molecule has 0 spiro atoms. The lowest BCUT2D eigenvalue weighted by molar-refractivity contribution is -0.131. The molecule has 0 fully saturated rings. The van der Waals surface area contributed by atoms with Crippen LogP contribution in [0.4, 0.5) is 5.82 Å². The van der Waals surface area contributed by atoms with Gasteiger partial charge in [0.25, 0.3) is 0 Å². The molecule has 0 bridgehead atoms. The molecule has 7 heteroatoms. The van der Waals surface area contributed by atoms with E-state index in [0.717, 1.165) is 13.0 Å². The van der Waals surface area contributed by atoms with Crippen molar-refractivity contribution in [2.75, 3.05) is 18.4 Å². The molecule has 2 aromatic heterocycles. The summed E-state index contributed by atoms with van der Waals surface area (Å²) >= 11 is 7.81. The van der Waals surface area contributed by atoms with Crippen LogP contribution in [0.3, 0.4) is 0 Å². The van der Waals surface area contributed by atoms with E-state index in [1.165, 1.54) is 16.6 Å². The fourth-order valence-electron chi connectivity index (χ4n) is 2.54. The summed E-state index contributed by atoms with van der Waals surface area (Å²) in [4.78, 5) is 19.7. The quantitative estimate of drug-likeness (QED) is 0.923. The molecule has 1 amide bonds. The van der Waals surface area contributed by atoms with Gasteiger partial charge in [-0.15, -0.1) is 11.3 Å². The van der Waals surface area contributed by atoms with Gasteiger partial charge < -0.3 is 10.2 Å². The Bertz CT molecular complexity index is 768. The Hall–Kier alpha value is -2.10. The van der Waals surface area contributed by atoms with E-state index in [-0.39, 0.29) is 5.91 Å². The molecular weight excluding hydrogens is 332 g/mol. The first-order valence-corrected chi connectivity index (χ1v) is 8.55. The molecule has 1 aliphatic heterocycles. The van der Waals surface area contributed by atoms with Gasteiger partial charge >= 0.3 is 0 Å². The minimum Gasteiger partial charge on any atom is -0.368 e. The van der Waals surface area contributed by atoms with Crippen molar-refractivity contribution >= 4 is 34.7 Å². The highest BCUT2D eigenvalue weighted by atomic mass is 35.5. The summed E-state index contributed by atoms with van der Waals surface area (Å²) in [7, 11) is 0. The number of rotatable bonds is 4. The minimum atomic E-state index is 0.124. The van der Waals surface area contributed by atoms with E-state index in [4.69, 9.17) is 16.9 Å². The van der Waals surface area contributed by atoms with Crippen LogP contribution >= 0.6 is 22.9 Å². The highest BCUT2D eigenvalue weighted by Gasteiger charge is 2.21. The van der Waals surface area contributed by atoms with Crippen LogP contribution in [0.2, 0.25) is 5.02 Å². The molecule has 1 aliphatic rings. The van der Waals surface area contributed by atoms with Gasteiger partial charge in [-0.3, -0.25) is 4.79 Å². The Balaban J connectivity index is 1.51. The highest BCUT2D eigenvalue weighted by Crippen LogP contribution is 2.24. The Labute approximate surface area is 143 Å². The van der Waals surface area contributed by atoms with Crippen molar-refractivity contribution < 1.29 is 4.79 Å². The van der Waals surface area contributed by atoms with Crippen LogP contribution in [-0.2, 0) is 17.8 Å². The number of aromatic nitrogens is 1. The standard InChI is InChI=1S/C16H15ClN4OS/c17-13-7-11(8-18)9-20-16(13)19-4-1-15(22)21-5-2-14-12(10-21)3-6-23-14/h3,6-7,9H,1-2,4-5,10H2,(H,19,20). The SMILES string of the molecule is N#Cc1cnc(NCCC(=O)N2CCc3sccc3C2)c(Cl)c1. The molecule has 2 aromatic rings. The Morgan fingerprint density at radius 1 is 1.57 bits per heavy atom. The highest BCUT2D eigenvalue weighted by molar-refractivity contribution is 7.10. The number of fused-ring (bicyclic) bond motifs is 1. The number of hydrogen-bond donors (Lipinski definition) is 1. The fourth-order valence-corrected chi connectivity index (χ4v) is 3.66. The lowest BCUT2D eigenvalue weighted by Crippen LogP contribution is -2.36. The van der Waals surface area contributed by atoms with Gasteiger partial charge in [-0.2, -0.15) is 5.26 Å². The lowest BCUT2D eigenvalue weighted by Gasteiger charge is -2.27. The number of carbonyl (C=O) groups excluding carboxylic acids is 1. The average molecular weight is 347 g/mol. The molecule has 23 heavy (non-hydrogen) atoms. The number of pyridine rings is 1. The number of nitrogens with zero attached hydrogens (tertiary/aromatic N) is 3. The van der Waals surface area contributed by atoms with Crippen molar-refractivity contribution in [3.8, 4) is 6.07 Å². The molecular formula is C16H15ClN4OS. The maximum Gasteiger partial charge on any atom is 0.224 e. The number of thiophene rings is 1. The van der Waals surface area contributed by atoms with E-state index in [0.29, 0.717) is 35.9 Å². The van der Waals surface area contributed by atoms with Crippen LogP contribution in [0, 0.1) is 11.3 Å². The molecule has 0 unspecified atom stereocenters. The molecule has 0 aliphatic carbocycles. The zero-order valence-electron chi connectivity index (χ0n) is 12.4. The Morgan fingerprint density at radius 2 is 2.43 bits per heavy atom. The van der Waals surface area contributed by atoms with Crippen LogP contribution in [0.15, 0.2) is 23.7 Å². The van der Waals surface area contributed by atoms with Crippen LogP contribution in [0.5, 0.6) is 0 Å². The predicted molar refractivity (Wildman–Crippen MR) is 90.5 cm³/mol. The summed E-state index contributed by atoms with van der Waals surface area (Å²) < 4.78 is 0. The monoisotopic (exact) mass is 346 g/mol. The van der Waals surface area contributed by atoms with Crippen molar-refractivity contribution in [3.63, 3.8) is 0 Å². The number of carbonyl (C=O) groups is 1. The number of nitriles is 1. The number of nitrogens with one attached hydrogen (secondary N) is 1. The first-order chi connectivity index (χ1) is 11.2. The minimum absolute atomic E-state index is 0.124. The normalized spacial score (nSPS) is 13.3. The smallest absolute Gasteiger partial charge is 0.224 e. The molecule has 3 rings (SSSR count). The average Bonchev–Trinajstić information content (AvgIpc) is 3.03. The van der Waals surface area contributed by atoms with E-state index in [1.54, 1.807) is 17.4 Å². The molecule has 3 heterocycles. The third-order valence-corrected chi connectivity index (χ3v) is 5.07. The van der Waals surface area contributed by atoms with Gasteiger partial charge in [-0.25, -0.2) is 4.98 Å². The van der Waals surface area contributed by atoms with Crippen molar-refractivity contribution in [2.24, 2.45) is 0 Å². The summed E-state index contributed by atoms with van der Waals surface area (Å²) in [6.45, 7) is 1.94. The second-order valence-corrected chi connectivity index (χ2v) is 6.69. The molecule has 118 valence electrons. The summed E-state index contributed by atoms with van der Waals surface area (Å²) in [6.07, 6.45) is 2.78. The molecule has 0 saturated carbocycles. The molecule has 0 saturated heterocycles. The van der Waals surface area contributed by atoms with Crippen molar-refractivity contribution in [2.45, 2.75) is 19.4 Å². The van der Waals surface area contributed by atoms with E-state index in [2.05, 4.69) is 21.7 Å².